The van der Waals surface area contributed by atoms with Crippen LogP contribution in [0.25, 0.3) is 33.3 Å². The summed E-state index contributed by atoms with van der Waals surface area (Å²) in [4.78, 5) is 9.21. The van der Waals surface area contributed by atoms with Gasteiger partial charge >= 0.3 is 0 Å². The molecule has 28 heavy (non-hydrogen) atoms. The van der Waals surface area contributed by atoms with Crippen molar-refractivity contribution in [3.8, 4) is 22.9 Å². The summed E-state index contributed by atoms with van der Waals surface area (Å²) in [6.07, 6.45) is 1.73. The van der Waals surface area contributed by atoms with Gasteiger partial charge in [0.1, 0.15) is 11.3 Å². The molecule has 0 saturated carbocycles. The van der Waals surface area contributed by atoms with Gasteiger partial charge < -0.3 is 14.0 Å². The quantitative estimate of drug-likeness (QED) is 0.502. The van der Waals surface area contributed by atoms with E-state index in [4.69, 9.17) is 14.5 Å². The topological polar surface area (TPSA) is 95.3 Å². The molecule has 0 amide bonds. The summed E-state index contributed by atoms with van der Waals surface area (Å²) in [5.74, 6) is 1.98. The van der Waals surface area contributed by atoms with Gasteiger partial charge in [-0.25, -0.2) is 13.4 Å². The summed E-state index contributed by atoms with van der Waals surface area (Å²) in [7, 11) is 2.42. The molecule has 0 saturated heterocycles. The van der Waals surface area contributed by atoms with Crippen LogP contribution in [0.2, 0.25) is 0 Å². The summed E-state index contributed by atoms with van der Waals surface area (Å²) in [5, 5.41) is 0.901. The van der Waals surface area contributed by atoms with Crippen molar-refractivity contribution in [1.29, 1.82) is 0 Å². The highest BCUT2D eigenvalue weighted by Gasteiger charge is 2.16. The van der Waals surface area contributed by atoms with Gasteiger partial charge in [-0.05, 0) is 30.3 Å². The van der Waals surface area contributed by atoms with Crippen LogP contribution in [0.4, 0.5) is 5.69 Å². The van der Waals surface area contributed by atoms with Crippen molar-refractivity contribution in [2.24, 2.45) is 7.05 Å². The molecular formula is C19H18N4O4S. The molecule has 0 spiro atoms. The SMILES string of the molecule is COc1cc2ncc3nc(-c4ccc(N[SH](=O)=O)cc4)n(C)c3c2cc1OC. The minimum Gasteiger partial charge on any atom is -0.493 e. The molecule has 0 aliphatic heterocycles. The number of nitrogens with zero attached hydrogens (tertiary/aromatic N) is 3. The van der Waals surface area contributed by atoms with Crippen LogP contribution in [0.3, 0.4) is 0 Å². The van der Waals surface area contributed by atoms with Gasteiger partial charge in [-0.3, -0.25) is 9.71 Å². The van der Waals surface area contributed by atoms with Crippen molar-refractivity contribution in [3.05, 3.63) is 42.6 Å². The van der Waals surface area contributed by atoms with Gasteiger partial charge in [0.15, 0.2) is 11.5 Å². The van der Waals surface area contributed by atoms with E-state index in [1.54, 1.807) is 32.5 Å². The molecule has 8 nitrogen and oxygen atoms in total. The number of ether oxygens (including phenoxy) is 2. The number of rotatable bonds is 5. The van der Waals surface area contributed by atoms with E-state index < -0.39 is 10.9 Å². The Morgan fingerprint density at radius 2 is 1.68 bits per heavy atom. The number of benzene rings is 2. The standard InChI is InChI=1S/C19H18N4O4S/c1-23-18-13-8-16(26-2)17(27-3)9-14(13)20-10-15(18)21-19(23)11-4-6-12(7-5-11)22-28(24)25/h4-10,28H,1-3H3,(H,22,24,25). The molecule has 0 fully saturated rings. The number of hydrogen-bond acceptors (Lipinski definition) is 6. The molecule has 1 N–H and O–H groups in total. The van der Waals surface area contributed by atoms with E-state index in [1.165, 1.54) is 0 Å². The van der Waals surface area contributed by atoms with Crippen LogP contribution in [-0.4, -0.2) is 37.2 Å². The van der Waals surface area contributed by atoms with E-state index in [-0.39, 0.29) is 0 Å². The Morgan fingerprint density at radius 3 is 2.32 bits per heavy atom. The number of aryl methyl sites for hydroxylation is 1. The minimum absolute atomic E-state index is 0.502. The third kappa shape index (κ3) is 2.99. The first-order valence-electron chi connectivity index (χ1n) is 8.40. The van der Waals surface area contributed by atoms with Crippen molar-refractivity contribution in [2.45, 2.75) is 0 Å². The number of imidazole rings is 1. The molecule has 0 aliphatic rings. The molecular weight excluding hydrogens is 380 g/mol. The summed E-state index contributed by atoms with van der Waals surface area (Å²) in [6.45, 7) is 0. The number of pyridine rings is 1. The Bertz CT molecular complexity index is 1250. The molecule has 4 rings (SSSR count). The number of aromatic nitrogens is 3. The summed E-state index contributed by atoms with van der Waals surface area (Å²) in [6, 6.07) is 10.8. The minimum atomic E-state index is -2.69. The second-order valence-electron chi connectivity index (χ2n) is 6.16. The zero-order valence-electron chi connectivity index (χ0n) is 15.5. The lowest BCUT2D eigenvalue weighted by Crippen LogP contribution is -1.96. The second-order valence-corrected chi connectivity index (χ2v) is 6.89. The molecule has 9 heteroatoms. The lowest BCUT2D eigenvalue weighted by molar-refractivity contribution is 0.356. The summed E-state index contributed by atoms with van der Waals surface area (Å²) >= 11 is 0. The van der Waals surface area contributed by atoms with Crippen LogP contribution in [0, 0.1) is 0 Å². The van der Waals surface area contributed by atoms with Crippen LogP contribution in [0.1, 0.15) is 0 Å². The molecule has 4 aromatic rings. The maximum Gasteiger partial charge on any atom is 0.222 e. The average molecular weight is 398 g/mol. The fourth-order valence-corrected chi connectivity index (χ4v) is 3.64. The maximum atomic E-state index is 10.8. The molecule has 0 bridgehead atoms. The Kier molecular flexibility index (Phi) is 4.52. The van der Waals surface area contributed by atoms with Crippen molar-refractivity contribution in [3.63, 3.8) is 0 Å². The third-order valence-electron chi connectivity index (χ3n) is 4.57. The average Bonchev–Trinajstić information content (AvgIpc) is 3.04. The number of anilines is 1. The molecule has 0 atom stereocenters. The number of thiol groups is 1. The highest BCUT2D eigenvalue weighted by molar-refractivity contribution is 7.73. The van der Waals surface area contributed by atoms with Crippen LogP contribution >= 0.6 is 0 Å². The lowest BCUT2D eigenvalue weighted by atomic mass is 10.1. The molecule has 2 heterocycles. The van der Waals surface area contributed by atoms with Gasteiger partial charge in [0.25, 0.3) is 0 Å². The number of hydrogen-bond donors (Lipinski definition) is 2. The van der Waals surface area contributed by atoms with Crippen LogP contribution in [0.5, 0.6) is 11.5 Å². The van der Waals surface area contributed by atoms with Gasteiger partial charge in [-0.15, -0.1) is 0 Å². The van der Waals surface area contributed by atoms with Crippen LogP contribution in [0.15, 0.2) is 42.6 Å². The van der Waals surface area contributed by atoms with Crippen molar-refractivity contribution in [1.82, 2.24) is 14.5 Å². The second kappa shape index (κ2) is 7.01. The fourth-order valence-electron chi connectivity index (χ4n) is 3.28. The van der Waals surface area contributed by atoms with Crippen LogP contribution < -0.4 is 14.2 Å². The van der Waals surface area contributed by atoms with Crippen molar-refractivity contribution >= 4 is 38.5 Å². The lowest BCUT2D eigenvalue weighted by Gasteiger charge is -2.10. The van der Waals surface area contributed by atoms with Gasteiger partial charge in [-0.2, -0.15) is 0 Å². The smallest absolute Gasteiger partial charge is 0.222 e. The first-order valence-corrected chi connectivity index (χ1v) is 9.58. The third-order valence-corrected chi connectivity index (χ3v) is 5.01. The molecule has 0 unspecified atom stereocenters. The summed E-state index contributed by atoms with van der Waals surface area (Å²) < 4.78 is 36.7. The van der Waals surface area contributed by atoms with E-state index in [0.717, 1.165) is 33.3 Å². The first-order chi connectivity index (χ1) is 13.5. The number of nitrogens with one attached hydrogen (secondary N) is 1. The Balaban J connectivity index is 1.89. The van der Waals surface area contributed by atoms with Crippen molar-refractivity contribution in [2.75, 3.05) is 18.9 Å². The predicted octanol–water partition coefficient (Wildman–Crippen LogP) is 2.74. The fraction of sp³-hybridized carbons (Fsp3) is 0.158. The van der Waals surface area contributed by atoms with Crippen LogP contribution in [-0.2, 0) is 17.9 Å². The Hall–Kier alpha value is -3.33. The van der Waals surface area contributed by atoms with Gasteiger partial charge in [-0.1, -0.05) is 0 Å². The largest absolute Gasteiger partial charge is 0.493 e. The molecule has 2 aromatic carbocycles. The van der Waals surface area contributed by atoms with Gasteiger partial charge in [0.2, 0.25) is 10.9 Å². The van der Waals surface area contributed by atoms with E-state index in [2.05, 4.69) is 9.71 Å². The molecule has 144 valence electrons. The van der Waals surface area contributed by atoms with E-state index in [9.17, 15) is 8.42 Å². The first kappa shape index (κ1) is 18.1. The number of fused-ring (bicyclic) bond motifs is 3. The highest BCUT2D eigenvalue weighted by Crippen LogP contribution is 2.35. The van der Waals surface area contributed by atoms with Gasteiger partial charge in [0.05, 0.1) is 31.4 Å². The Labute approximate surface area is 162 Å². The zero-order chi connectivity index (χ0) is 19.8. The molecule has 0 radical (unpaired) electrons. The normalized spacial score (nSPS) is 11.3. The zero-order valence-corrected chi connectivity index (χ0v) is 16.4. The van der Waals surface area contributed by atoms with E-state index >= 15 is 0 Å². The number of methoxy groups -OCH3 is 2. The monoisotopic (exact) mass is 398 g/mol. The van der Waals surface area contributed by atoms with E-state index in [0.29, 0.717) is 17.2 Å². The molecule has 0 aliphatic carbocycles. The summed E-state index contributed by atoms with van der Waals surface area (Å²) in [5.41, 5.74) is 3.81. The molecule has 2 aromatic heterocycles. The Morgan fingerprint density at radius 1 is 1.00 bits per heavy atom. The van der Waals surface area contributed by atoms with E-state index in [1.807, 2.05) is 35.9 Å². The highest BCUT2D eigenvalue weighted by atomic mass is 32.2. The predicted molar refractivity (Wildman–Crippen MR) is 108 cm³/mol. The van der Waals surface area contributed by atoms with Gasteiger partial charge in [0, 0.05) is 29.8 Å². The maximum absolute atomic E-state index is 10.8. The van der Waals surface area contributed by atoms with Crippen molar-refractivity contribution < 1.29 is 17.9 Å².